The predicted molar refractivity (Wildman–Crippen MR) is 82.9 cm³/mol. The Morgan fingerprint density at radius 2 is 2.17 bits per heavy atom. The van der Waals surface area contributed by atoms with Gasteiger partial charge in [-0.2, -0.15) is 0 Å². The Kier molecular flexibility index (Phi) is 4.29. The van der Waals surface area contributed by atoms with Gasteiger partial charge in [-0.3, -0.25) is 14.4 Å². The maximum Gasteiger partial charge on any atom is 0.256 e. The molecule has 2 aliphatic heterocycles. The van der Waals surface area contributed by atoms with Crippen LogP contribution in [0.4, 0.5) is 5.69 Å². The van der Waals surface area contributed by atoms with Crippen molar-refractivity contribution < 1.29 is 19.1 Å². The summed E-state index contributed by atoms with van der Waals surface area (Å²) < 4.78 is 4.80. The second-order valence-electron chi connectivity index (χ2n) is 5.77. The summed E-state index contributed by atoms with van der Waals surface area (Å²) >= 11 is 0. The number of nitrogens with zero attached hydrogens (tertiary/aromatic N) is 1. The molecular formula is C16H19N3O4. The lowest BCUT2D eigenvalue weighted by Crippen LogP contribution is -2.55. The number of benzene rings is 1. The van der Waals surface area contributed by atoms with E-state index in [1.54, 1.807) is 29.2 Å². The fourth-order valence-electron chi connectivity index (χ4n) is 3.14. The van der Waals surface area contributed by atoms with Crippen molar-refractivity contribution in [2.45, 2.75) is 24.9 Å². The minimum Gasteiger partial charge on any atom is -0.375 e. The maximum atomic E-state index is 12.7. The molecule has 7 heteroatoms. The van der Waals surface area contributed by atoms with Gasteiger partial charge in [0.15, 0.2) is 0 Å². The summed E-state index contributed by atoms with van der Waals surface area (Å²) in [7, 11) is 1.46. The smallest absolute Gasteiger partial charge is 0.256 e. The van der Waals surface area contributed by atoms with Crippen molar-refractivity contribution in [3.05, 3.63) is 29.8 Å². The van der Waals surface area contributed by atoms with Crippen LogP contribution in [0, 0.1) is 0 Å². The van der Waals surface area contributed by atoms with Crippen molar-refractivity contribution >= 4 is 23.4 Å². The van der Waals surface area contributed by atoms with Gasteiger partial charge in [-0.1, -0.05) is 12.1 Å². The summed E-state index contributed by atoms with van der Waals surface area (Å²) in [5.74, 6) is -0.575. The van der Waals surface area contributed by atoms with Gasteiger partial charge in [-0.25, -0.2) is 0 Å². The second-order valence-corrected chi connectivity index (χ2v) is 5.77. The highest BCUT2D eigenvalue weighted by Crippen LogP contribution is 2.28. The zero-order chi connectivity index (χ0) is 16.4. The molecule has 0 aliphatic carbocycles. The monoisotopic (exact) mass is 317 g/mol. The van der Waals surface area contributed by atoms with Gasteiger partial charge in [0.05, 0.1) is 11.3 Å². The summed E-state index contributed by atoms with van der Waals surface area (Å²) in [5.41, 5.74) is 1.04. The number of fused-ring (bicyclic) bond motifs is 2. The first-order valence-electron chi connectivity index (χ1n) is 7.59. The van der Waals surface area contributed by atoms with E-state index >= 15 is 0 Å². The van der Waals surface area contributed by atoms with E-state index in [-0.39, 0.29) is 30.4 Å². The van der Waals surface area contributed by atoms with E-state index in [1.807, 2.05) is 0 Å². The number of methoxy groups -OCH3 is 1. The number of ether oxygens (including phenoxy) is 1. The Morgan fingerprint density at radius 3 is 2.96 bits per heavy atom. The number of para-hydroxylation sites is 1. The number of nitrogens with one attached hydrogen (secondary N) is 2. The molecule has 1 saturated heterocycles. The highest BCUT2D eigenvalue weighted by atomic mass is 16.5. The van der Waals surface area contributed by atoms with Gasteiger partial charge in [0.2, 0.25) is 11.8 Å². The highest BCUT2D eigenvalue weighted by Gasteiger charge is 2.39. The lowest BCUT2D eigenvalue weighted by Gasteiger charge is -2.37. The summed E-state index contributed by atoms with van der Waals surface area (Å²) in [6.45, 7) is 0.421. The normalized spacial score (nSPS) is 23.4. The van der Waals surface area contributed by atoms with Crippen molar-refractivity contribution in [1.29, 1.82) is 0 Å². The quantitative estimate of drug-likeness (QED) is 0.843. The lowest BCUT2D eigenvalue weighted by molar-refractivity contribution is -0.127. The number of hydrogen-bond acceptors (Lipinski definition) is 4. The molecule has 1 fully saturated rings. The fraction of sp³-hybridized carbons (Fsp3) is 0.438. The Morgan fingerprint density at radius 1 is 1.39 bits per heavy atom. The Bertz CT molecular complexity index is 646. The number of piperidine rings is 1. The third-order valence-electron chi connectivity index (χ3n) is 4.22. The molecule has 0 bridgehead atoms. The minimum absolute atomic E-state index is 0.0125. The van der Waals surface area contributed by atoms with E-state index in [0.29, 0.717) is 30.6 Å². The third kappa shape index (κ3) is 3.05. The summed E-state index contributed by atoms with van der Waals surface area (Å²) in [4.78, 5) is 38.4. The first-order chi connectivity index (χ1) is 11.1. The van der Waals surface area contributed by atoms with Crippen LogP contribution in [0.1, 0.15) is 23.2 Å². The lowest BCUT2D eigenvalue weighted by atomic mass is 9.96. The van der Waals surface area contributed by atoms with Crippen LogP contribution < -0.4 is 10.6 Å². The molecule has 23 heavy (non-hydrogen) atoms. The standard InChI is InChI=1S/C16H19N3O4/c1-23-9-14(20)17-10-6-7-19-13(8-10)15(21)18-12-5-3-2-4-11(12)16(19)22/h2-5,10,13H,6-9H2,1H3,(H,17,20)(H,18,21). The molecule has 2 unspecified atom stereocenters. The van der Waals surface area contributed by atoms with E-state index in [1.165, 1.54) is 7.11 Å². The van der Waals surface area contributed by atoms with Crippen LogP contribution in [-0.4, -0.2) is 55.0 Å². The van der Waals surface area contributed by atoms with Crippen molar-refractivity contribution in [2.24, 2.45) is 0 Å². The van der Waals surface area contributed by atoms with Crippen molar-refractivity contribution in [3.8, 4) is 0 Å². The number of hydrogen-bond donors (Lipinski definition) is 2. The predicted octanol–water partition coefficient (Wildman–Crippen LogP) is 0.375. The molecule has 7 nitrogen and oxygen atoms in total. The molecule has 0 radical (unpaired) electrons. The first-order valence-corrected chi connectivity index (χ1v) is 7.59. The third-order valence-corrected chi connectivity index (χ3v) is 4.22. The number of anilines is 1. The summed E-state index contributed by atoms with van der Waals surface area (Å²) in [6, 6.07) is 6.29. The van der Waals surface area contributed by atoms with Crippen LogP contribution in [0.5, 0.6) is 0 Å². The molecule has 2 atom stereocenters. The molecule has 3 amide bonds. The number of carbonyl (C=O) groups is 3. The van der Waals surface area contributed by atoms with Crippen LogP contribution in [0.15, 0.2) is 24.3 Å². The molecule has 3 rings (SSSR count). The van der Waals surface area contributed by atoms with Crippen LogP contribution in [0.2, 0.25) is 0 Å². The van der Waals surface area contributed by atoms with Crippen molar-refractivity contribution in [2.75, 3.05) is 25.6 Å². The van der Waals surface area contributed by atoms with Crippen LogP contribution in [-0.2, 0) is 14.3 Å². The molecular weight excluding hydrogens is 298 g/mol. The van der Waals surface area contributed by atoms with Crippen molar-refractivity contribution in [3.63, 3.8) is 0 Å². The number of amides is 3. The highest BCUT2D eigenvalue weighted by molar-refractivity contribution is 6.09. The molecule has 0 aromatic heterocycles. The van der Waals surface area contributed by atoms with Gasteiger partial charge in [0.25, 0.3) is 5.91 Å². The zero-order valence-corrected chi connectivity index (χ0v) is 12.9. The van der Waals surface area contributed by atoms with Crippen LogP contribution in [0.25, 0.3) is 0 Å². The van der Waals surface area contributed by atoms with Gasteiger partial charge in [0.1, 0.15) is 12.6 Å². The van der Waals surface area contributed by atoms with Gasteiger partial charge >= 0.3 is 0 Å². The largest absolute Gasteiger partial charge is 0.375 e. The van der Waals surface area contributed by atoms with E-state index < -0.39 is 6.04 Å². The van der Waals surface area contributed by atoms with Crippen molar-refractivity contribution in [1.82, 2.24) is 10.2 Å². The molecule has 0 saturated carbocycles. The Labute approximate surface area is 134 Å². The van der Waals surface area contributed by atoms with Gasteiger partial charge in [-0.05, 0) is 25.0 Å². The molecule has 2 heterocycles. The summed E-state index contributed by atoms with van der Waals surface area (Å²) in [5, 5.41) is 5.66. The number of carbonyl (C=O) groups excluding carboxylic acids is 3. The Balaban J connectivity index is 1.78. The zero-order valence-electron chi connectivity index (χ0n) is 12.9. The van der Waals surface area contributed by atoms with E-state index in [4.69, 9.17) is 4.74 Å². The molecule has 1 aromatic rings. The van der Waals surface area contributed by atoms with Gasteiger partial charge < -0.3 is 20.3 Å². The average Bonchev–Trinajstić information content (AvgIpc) is 2.64. The SMILES string of the molecule is COCC(=O)NC1CCN2C(=O)c3ccccc3NC(=O)C2C1. The van der Waals surface area contributed by atoms with Gasteiger partial charge in [-0.15, -0.1) is 0 Å². The maximum absolute atomic E-state index is 12.7. The first kappa shape index (κ1) is 15.5. The molecule has 122 valence electrons. The molecule has 1 aromatic carbocycles. The van der Waals surface area contributed by atoms with E-state index in [0.717, 1.165) is 0 Å². The van der Waals surface area contributed by atoms with E-state index in [9.17, 15) is 14.4 Å². The van der Waals surface area contributed by atoms with Crippen LogP contribution in [0.3, 0.4) is 0 Å². The molecule has 2 N–H and O–H groups in total. The fourth-order valence-corrected chi connectivity index (χ4v) is 3.14. The molecule has 0 spiro atoms. The van der Waals surface area contributed by atoms with E-state index in [2.05, 4.69) is 10.6 Å². The minimum atomic E-state index is -0.573. The Hall–Kier alpha value is -2.41. The second kappa shape index (κ2) is 6.37. The molecule has 2 aliphatic rings. The number of rotatable bonds is 3. The van der Waals surface area contributed by atoms with Gasteiger partial charge in [0, 0.05) is 19.7 Å². The van der Waals surface area contributed by atoms with Crippen LogP contribution >= 0.6 is 0 Å². The average molecular weight is 317 g/mol. The topological polar surface area (TPSA) is 87.7 Å². The summed E-state index contributed by atoms with van der Waals surface area (Å²) in [6.07, 6.45) is 1.02.